The average molecular weight is 367 g/mol. The summed E-state index contributed by atoms with van der Waals surface area (Å²) >= 11 is 0. The second-order valence-corrected chi connectivity index (χ2v) is 7.92. The maximum atomic E-state index is 13.0. The fourth-order valence-corrected chi connectivity index (χ4v) is 4.04. The molecule has 0 radical (unpaired) electrons. The van der Waals surface area contributed by atoms with Crippen LogP contribution in [0.15, 0.2) is 35.1 Å². The van der Waals surface area contributed by atoms with Crippen molar-refractivity contribution in [1.29, 1.82) is 0 Å². The molecule has 0 saturated carbocycles. The Morgan fingerprint density at radius 1 is 1.15 bits per heavy atom. The largest absolute Gasteiger partial charge is 0.338 e. The fourth-order valence-electron chi connectivity index (χ4n) is 4.04. The van der Waals surface area contributed by atoms with Gasteiger partial charge in [-0.2, -0.15) is 0 Å². The maximum absolute atomic E-state index is 13.0. The summed E-state index contributed by atoms with van der Waals surface area (Å²) in [5, 5.41) is 0. The number of amides is 1. The van der Waals surface area contributed by atoms with Gasteiger partial charge in [0.05, 0.1) is 0 Å². The molecule has 2 heterocycles. The zero-order valence-electron chi connectivity index (χ0n) is 16.9. The van der Waals surface area contributed by atoms with Crippen LogP contribution in [0.3, 0.4) is 0 Å². The molecule has 1 aliphatic rings. The van der Waals surface area contributed by atoms with Crippen LogP contribution in [0.1, 0.15) is 52.0 Å². The van der Waals surface area contributed by atoms with E-state index < -0.39 is 0 Å². The average Bonchev–Trinajstić information content (AvgIpc) is 2.68. The van der Waals surface area contributed by atoms with E-state index >= 15 is 0 Å². The van der Waals surface area contributed by atoms with Crippen LogP contribution in [0.2, 0.25) is 0 Å². The number of carbonyl (C=O) groups excluding carboxylic acids is 1. The SMILES string of the molecule is Cc1ccccc1CCC1CCCN(C(=O)c2cc(C)c(C)n(C)c2=O)C1. The molecule has 1 aromatic heterocycles. The Bertz CT molecular complexity index is 898. The van der Waals surface area contributed by atoms with Gasteiger partial charge in [-0.25, -0.2) is 0 Å². The van der Waals surface area contributed by atoms with Crippen molar-refractivity contribution in [3.8, 4) is 0 Å². The van der Waals surface area contributed by atoms with Gasteiger partial charge >= 0.3 is 0 Å². The van der Waals surface area contributed by atoms with Crippen molar-refractivity contribution in [2.45, 2.75) is 46.5 Å². The van der Waals surface area contributed by atoms with Crippen LogP contribution in [-0.2, 0) is 13.5 Å². The number of aromatic nitrogens is 1. The summed E-state index contributed by atoms with van der Waals surface area (Å²) in [6.07, 6.45) is 4.29. The first-order valence-electron chi connectivity index (χ1n) is 9.89. The van der Waals surface area contributed by atoms with E-state index in [4.69, 9.17) is 0 Å². The standard InChI is InChI=1S/C23H30N2O2/c1-16-8-5-6-10-20(16)12-11-19-9-7-13-25(15-19)23(27)21-14-17(2)18(3)24(4)22(21)26/h5-6,8,10,14,19H,7,9,11-13,15H2,1-4H3. The summed E-state index contributed by atoms with van der Waals surface area (Å²) in [4.78, 5) is 27.5. The summed E-state index contributed by atoms with van der Waals surface area (Å²) in [5.41, 5.74) is 4.73. The van der Waals surface area contributed by atoms with Gasteiger partial charge in [0.2, 0.25) is 0 Å². The number of piperidine rings is 1. The molecule has 0 bridgehead atoms. The lowest BCUT2D eigenvalue weighted by atomic mass is 9.90. The van der Waals surface area contributed by atoms with Crippen molar-refractivity contribution in [2.24, 2.45) is 13.0 Å². The molecule has 4 heteroatoms. The highest BCUT2D eigenvalue weighted by atomic mass is 16.2. The zero-order chi connectivity index (χ0) is 19.6. The van der Waals surface area contributed by atoms with Crippen molar-refractivity contribution in [3.63, 3.8) is 0 Å². The number of benzene rings is 1. The van der Waals surface area contributed by atoms with Gasteiger partial charge in [-0.05, 0) is 75.1 Å². The maximum Gasteiger partial charge on any atom is 0.263 e. The number of likely N-dealkylation sites (tertiary alicyclic amines) is 1. The second kappa shape index (κ2) is 8.12. The summed E-state index contributed by atoms with van der Waals surface area (Å²) < 4.78 is 1.59. The Kier molecular flexibility index (Phi) is 5.83. The monoisotopic (exact) mass is 366 g/mol. The summed E-state index contributed by atoms with van der Waals surface area (Å²) in [5.74, 6) is 0.386. The molecule has 2 aromatic rings. The molecule has 1 fully saturated rings. The first-order valence-corrected chi connectivity index (χ1v) is 9.89. The quantitative estimate of drug-likeness (QED) is 0.826. The number of nitrogens with zero attached hydrogens (tertiary/aromatic N) is 2. The van der Waals surface area contributed by atoms with Crippen molar-refractivity contribution in [3.05, 3.63) is 68.6 Å². The molecule has 144 valence electrons. The smallest absolute Gasteiger partial charge is 0.263 e. The Labute approximate surface area is 161 Å². The molecule has 1 aromatic carbocycles. The molecule has 1 unspecified atom stereocenters. The molecule has 1 saturated heterocycles. The van der Waals surface area contributed by atoms with E-state index in [0.29, 0.717) is 11.5 Å². The molecule has 0 aliphatic carbocycles. The Hall–Kier alpha value is -2.36. The number of aryl methyl sites for hydroxylation is 3. The highest BCUT2D eigenvalue weighted by molar-refractivity contribution is 5.94. The Morgan fingerprint density at radius 2 is 1.89 bits per heavy atom. The van der Waals surface area contributed by atoms with Crippen molar-refractivity contribution in [1.82, 2.24) is 9.47 Å². The Morgan fingerprint density at radius 3 is 2.63 bits per heavy atom. The van der Waals surface area contributed by atoms with Gasteiger partial charge in [-0.3, -0.25) is 9.59 Å². The summed E-state index contributed by atoms with van der Waals surface area (Å²) in [7, 11) is 1.74. The molecular formula is C23H30N2O2. The van der Waals surface area contributed by atoms with E-state index in [0.717, 1.165) is 50.0 Å². The number of hydrogen-bond donors (Lipinski definition) is 0. The van der Waals surface area contributed by atoms with Crippen LogP contribution < -0.4 is 5.56 Å². The van der Waals surface area contributed by atoms with Crippen molar-refractivity contribution >= 4 is 5.91 Å². The molecule has 0 N–H and O–H groups in total. The third-order valence-electron chi connectivity index (χ3n) is 6.09. The minimum atomic E-state index is -0.190. The zero-order valence-corrected chi connectivity index (χ0v) is 16.9. The van der Waals surface area contributed by atoms with Crippen molar-refractivity contribution < 1.29 is 4.79 Å². The van der Waals surface area contributed by atoms with E-state index in [9.17, 15) is 9.59 Å². The lowest BCUT2D eigenvalue weighted by molar-refractivity contribution is 0.0665. The van der Waals surface area contributed by atoms with Crippen molar-refractivity contribution in [2.75, 3.05) is 13.1 Å². The number of carbonyl (C=O) groups is 1. The summed E-state index contributed by atoms with van der Waals surface area (Å²) in [6, 6.07) is 10.3. The third-order valence-corrected chi connectivity index (χ3v) is 6.09. The first-order chi connectivity index (χ1) is 12.9. The van der Waals surface area contributed by atoms with Crippen LogP contribution in [0.4, 0.5) is 0 Å². The van der Waals surface area contributed by atoms with Gasteiger partial charge in [0, 0.05) is 25.8 Å². The first kappa shape index (κ1) is 19.4. The molecule has 1 amide bonds. The van der Waals surface area contributed by atoms with E-state index in [1.165, 1.54) is 11.1 Å². The van der Waals surface area contributed by atoms with Crippen LogP contribution in [0.5, 0.6) is 0 Å². The van der Waals surface area contributed by atoms with E-state index in [-0.39, 0.29) is 11.5 Å². The highest BCUT2D eigenvalue weighted by Crippen LogP contribution is 2.23. The van der Waals surface area contributed by atoms with Gasteiger partial charge in [0.15, 0.2) is 0 Å². The third kappa shape index (κ3) is 4.15. The topological polar surface area (TPSA) is 42.3 Å². The summed E-state index contributed by atoms with van der Waals surface area (Å²) in [6.45, 7) is 7.51. The van der Waals surface area contributed by atoms with Gasteiger partial charge in [0.1, 0.15) is 5.56 Å². The van der Waals surface area contributed by atoms with Crippen LogP contribution in [-0.4, -0.2) is 28.5 Å². The van der Waals surface area contributed by atoms with Gasteiger partial charge < -0.3 is 9.47 Å². The minimum absolute atomic E-state index is 0.112. The number of pyridine rings is 1. The molecule has 1 aliphatic heterocycles. The molecular weight excluding hydrogens is 336 g/mol. The minimum Gasteiger partial charge on any atom is -0.338 e. The fraction of sp³-hybridized carbons (Fsp3) is 0.478. The normalized spacial score (nSPS) is 17.2. The predicted molar refractivity (Wildman–Crippen MR) is 109 cm³/mol. The molecule has 4 nitrogen and oxygen atoms in total. The predicted octanol–water partition coefficient (Wildman–Crippen LogP) is 3.80. The van der Waals surface area contributed by atoms with E-state index in [1.807, 2.05) is 18.7 Å². The van der Waals surface area contributed by atoms with Gasteiger partial charge in [-0.1, -0.05) is 24.3 Å². The van der Waals surface area contributed by atoms with Crippen LogP contribution in [0, 0.1) is 26.7 Å². The van der Waals surface area contributed by atoms with Crippen LogP contribution >= 0.6 is 0 Å². The van der Waals surface area contributed by atoms with Gasteiger partial charge in [-0.15, -0.1) is 0 Å². The Balaban J connectivity index is 1.70. The van der Waals surface area contributed by atoms with Gasteiger partial charge in [0.25, 0.3) is 11.5 Å². The second-order valence-electron chi connectivity index (χ2n) is 7.92. The van der Waals surface area contributed by atoms with Crippen LogP contribution in [0.25, 0.3) is 0 Å². The lowest BCUT2D eigenvalue weighted by Crippen LogP contribution is -2.42. The molecule has 1 atom stereocenters. The lowest BCUT2D eigenvalue weighted by Gasteiger charge is -2.33. The molecule has 0 spiro atoms. The number of hydrogen-bond acceptors (Lipinski definition) is 2. The molecule has 27 heavy (non-hydrogen) atoms. The van der Waals surface area contributed by atoms with E-state index in [2.05, 4.69) is 31.2 Å². The molecule has 3 rings (SSSR count). The highest BCUT2D eigenvalue weighted by Gasteiger charge is 2.26. The number of rotatable bonds is 4. The van der Waals surface area contributed by atoms with E-state index in [1.54, 1.807) is 17.7 Å².